The van der Waals surface area contributed by atoms with Crippen LogP contribution in [0.15, 0.2) is 24.3 Å². The smallest absolute Gasteiger partial charge is 0.462 e. The molecule has 0 fully saturated rings. The van der Waals surface area contributed by atoms with Crippen LogP contribution in [0.1, 0.15) is 349 Å². The molecule has 0 amide bonds. The number of unbranched alkanes of at least 4 members (excludes halogenated alkanes) is 39. The van der Waals surface area contributed by atoms with Crippen LogP contribution < -0.4 is 0 Å². The fraction of sp³-hybridized carbons (Fsp3) is 0.889. The van der Waals surface area contributed by atoms with Crippen molar-refractivity contribution >= 4 is 39.5 Å². The summed E-state index contributed by atoms with van der Waals surface area (Å²) in [5.41, 5.74) is 0. The lowest BCUT2D eigenvalue weighted by molar-refractivity contribution is -0.161. The summed E-state index contributed by atoms with van der Waals surface area (Å²) in [6, 6.07) is 0. The molecular weight excluding hydrogens is 1200 g/mol. The Morgan fingerprint density at radius 3 is 0.901 bits per heavy atom. The number of aliphatic hydroxyl groups is 1. The van der Waals surface area contributed by atoms with Crippen molar-refractivity contribution in [3.8, 4) is 0 Å². The number of allylic oxidation sites excluding steroid dienone is 4. The highest BCUT2D eigenvalue weighted by atomic mass is 31.2. The van der Waals surface area contributed by atoms with Crippen LogP contribution in [0.5, 0.6) is 0 Å². The summed E-state index contributed by atoms with van der Waals surface area (Å²) in [5.74, 6) is -1.39. The molecule has 17 nitrogen and oxygen atoms in total. The lowest BCUT2D eigenvalue weighted by Gasteiger charge is -2.21. The number of carbonyl (C=O) groups is 4. The van der Waals surface area contributed by atoms with Gasteiger partial charge in [-0.25, -0.2) is 9.13 Å². The van der Waals surface area contributed by atoms with Gasteiger partial charge in [0.1, 0.15) is 19.3 Å². The average Bonchev–Trinajstić information content (AvgIpc) is 2.91. The van der Waals surface area contributed by atoms with Crippen molar-refractivity contribution in [3.05, 3.63) is 24.3 Å². The Bertz CT molecular complexity index is 1850. The molecule has 91 heavy (non-hydrogen) atoms. The molecule has 5 atom stereocenters. The molecule has 0 aromatic heterocycles. The average molecular weight is 1340 g/mol. The number of esters is 4. The number of carbonyl (C=O) groups excluding carboxylic acids is 4. The van der Waals surface area contributed by atoms with E-state index < -0.39 is 97.5 Å². The molecule has 0 radical (unpaired) electrons. The van der Waals surface area contributed by atoms with Crippen molar-refractivity contribution in [2.45, 2.75) is 368 Å². The molecule has 2 unspecified atom stereocenters. The van der Waals surface area contributed by atoms with E-state index in [0.717, 1.165) is 121 Å². The van der Waals surface area contributed by atoms with Gasteiger partial charge in [0.05, 0.1) is 26.4 Å². The van der Waals surface area contributed by atoms with Gasteiger partial charge in [0.2, 0.25) is 0 Å². The minimum Gasteiger partial charge on any atom is -0.462 e. The summed E-state index contributed by atoms with van der Waals surface area (Å²) in [5, 5.41) is 10.6. The quantitative estimate of drug-likeness (QED) is 0.0169. The van der Waals surface area contributed by atoms with Gasteiger partial charge in [0.25, 0.3) is 0 Å². The first-order valence-electron chi connectivity index (χ1n) is 37.0. The van der Waals surface area contributed by atoms with E-state index in [0.29, 0.717) is 25.7 Å². The van der Waals surface area contributed by atoms with Crippen LogP contribution in [-0.4, -0.2) is 96.7 Å². The van der Waals surface area contributed by atoms with Gasteiger partial charge in [0.15, 0.2) is 12.2 Å². The van der Waals surface area contributed by atoms with E-state index in [1.165, 1.54) is 148 Å². The zero-order valence-electron chi connectivity index (χ0n) is 58.5. The number of ether oxygens (including phenoxy) is 4. The van der Waals surface area contributed by atoms with Gasteiger partial charge >= 0.3 is 39.5 Å². The summed E-state index contributed by atoms with van der Waals surface area (Å²) >= 11 is 0. The van der Waals surface area contributed by atoms with Gasteiger partial charge in [-0.3, -0.25) is 37.3 Å². The molecule has 19 heteroatoms. The molecular formula is C72H136O17P2. The molecule has 0 heterocycles. The molecule has 0 bridgehead atoms. The van der Waals surface area contributed by atoms with Crippen LogP contribution in [0.3, 0.4) is 0 Å². The van der Waals surface area contributed by atoms with E-state index in [4.69, 9.17) is 37.0 Å². The van der Waals surface area contributed by atoms with E-state index >= 15 is 0 Å². The minimum atomic E-state index is -4.96. The molecule has 3 N–H and O–H groups in total. The first kappa shape index (κ1) is 88.5. The van der Waals surface area contributed by atoms with Gasteiger partial charge < -0.3 is 33.8 Å². The van der Waals surface area contributed by atoms with Gasteiger partial charge in [-0.05, 0) is 57.3 Å². The molecule has 536 valence electrons. The van der Waals surface area contributed by atoms with Crippen LogP contribution in [-0.2, 0) is 65.4 Å². The fourth-order valence-corrected chi connectivity index (χ4v) is 12.0. The number of hydrogen-bond acceptors (Lipinski definition) is 15. The first-order valence-corrected chi connectivity index (χ1v) is 39.9. The highest BCUT2D eigenvalue weighted by Crippen LogP contribution is 2.45. The molecule has 0 saturated carbocycles. The molecule has 0 aliphatic heterocycles. The van der Waals surface area contributed by atoms with E-state index in [9.17, 15) is 43.2 Å². The molecule has 0 aliphatic rings. The molecule has 0 saturated heterocycles. The van der Waals surface area contributed by atoms with Gasteiger partial charge in [-0.2, -0.15) is 0 Å². The van der Waals surface area contributed by atoms with Crippen molar-refractivity contribution in [1.29, 1.82) is 0 Å². The van der Waals surface area contributed by atoms with Crippen LogP contribution in [0.4, 0.5) is 0 Å². The number of rotatable bonds is 70. The molecule has 0 aromatic carbocycles. The first-order chi connectivity index (χ1) is 44.0. The van der Waals surface area contributed by atoms with Gasteiger partial charge in [-0.1, -0.05) is 296 Å². The van der Waals surface area contributed by atoms with Crippen molar-refractivity contribution in [1.82, 2.24) is 0 Å². The largest absolute Gasteiger partial charge is 0.472 e. The van der Waals surface area contributed by atoms with Gasteiger partial charge in [-0.15, -0.1) is 0 Å². The second kappa shape index (κ2) is 64.9. The van der Waals surface area contributed by atoms with E-state index in [1.807, 2.05) is 0 Å². The maximum Gasteiger partial charge on any atom is 0.472 e. The zero-order valence-corrected chi connectivity index (χ0v) is 60.3. The zero-order chi connectivity index (χ0) is 67.0. The number of hydrogen-bond donors (Lipinski definition) is 3. The summed E-state index contributed by atoms with van der Waals surface area (Å²) in [4.78, 5) is 72.5. The third-order valence-electron chi connectivity index (χ3n) is 16.2. The Labute approximate surface area is 554 Å². The summed E-state index contributed by atoms with van der Waals surface area (Å²) in [7, 11) is -9.91. The van der Waals surface area contributed by atoms with Crippen LogP contribution >= 0.6 is 15.6 Å². The topological polar surface area (TPSA) is 237 Å². The van der Waals surface area contributed by atoms with Gasteiger partial charge in [0, 0.05) is 25.7 Å². The van der Waals surface area contributed by atoms with Crippen molar-refractivity contribution in [2.24, 2.45) is 5.92 Å². The van der Waals surface area contributed by atoms with Crippen LogP contribution in [0.25, 0.3) is 0 Å². The van der Waals surface area contributed by atoms with E-state index in [2.05, 4.69) is 58.9 Å². The second-order valence-electron chi connectivity index (χ2n) is 25.8. The van der Waals surface area contributed by atoms with Crippen LogP contribution in [0.2, 0.25) is 0 Å². The minimum absolute atomic E-state index is 0.0856. The van der Waals surface area contributed by atoms with E-state index in [1.54, 1.807) is 0 Å². The third kappa shape index (κ3) is 66.0. The van der Waals surface area contributed by atoms with E-state index in [-0.39, 0.29) is 25.7 Å². The Morgan fingerprint density at radius 1 is 0.341 bits per heavy atom. The number of phosphoric acid groups is 2. The Morgan fingerprint density at radius 2 is 0.593 bits per heavy atom. The van der Waals surface area contributed by atoms with Crippen molar-refractivity contribution in [3.63, 3.8) is 0 Å². The molecule has 0 spiro atoms. The maximum atomic E-state index is 13.0. The SMILES string of the molecule is CCCCCC/C=C\C=C/CCCCCCCC(=O)O[C@H](COC(=O)CCCCCCCCCCCCCCCCC)COP(=O)(O)OC[C@@H](O)COP(=O)(O)OC[C@@H](COC(=O)CCCCCCCCC)OC(=O)CCCCCCCCCCCCCC(C)C. The fourth-order valence-electron chi connectivity index (χ4n) is 10.5. The second-order valence-corrected chi connectivity index (χ2v) is 28.7. The third-order valence-corrected chi connectivity index (χ3v) is 18.1. The lowest BCUT2D eigenvalue weighted by Crippen LogP contribution is -2.30. The molecule has 0 aromatic rings. The summed E-state index contributed by atoms with van der Waals surface area (Å²) in [6.45, 7) is 7.16. The predicted molar refractivity (Wildman–Crippen MR) is 368 cm³/mol. The van der Waals surface area contributed by atoms with Crippen molar-refractivity contribution in [2.75, 3.05) is 39.6 Å². The Hall–Kier alpha value is -2.46. The highest BCUT2D eigenvalue weighted by molar-refractivity contribution is 7.47. The number of aliphatic hydroxyl groups excluding tert-OH is 1. The molecule has 0 aliphatic carbocycles. The van der Waals surface area contributed by atoms with Crippen LogP contribution in [0, 0.1) is 5.92 Å². The Balaban J connectivity index is 5.24. The van der Waals surface area contributed by atoms with Crippen molar-refractivity contribution < 1.29 is 80.2 Å². The number of phosphoric ester groups is 2. The highest BCUT2D eigenvalue weighted by Gasteiger charge is 2.30. The molecule has 0 rings (SSSR count). The summed E-state index contributed by atoms with van der Waals surface area (Å²) < 4.78 is 68.2. The predicted octanol–water partition coefficient (Wildman–Crippen LogP) is 20.5. The Kier molecular flexibility index (Phi) is 63.1. The summed E-state index contributed by atoms with van der Waals surface area (Å²) in [6.07, 6.45) is 55.0. The normalized spacial score (nSPS) is 14.2. The monoisotopic (exact) mass is 1330 g/mol. The standard InChI is InChI=1S/C72H136O17P2/c1-6-9-12-15-18-20-22-24-26-28-32-36-41-46-51-56-70(75)83-62-68(89-71(76)57-52-47-42-37-33-29-27-25-23-21-19-16-13-10-7-2)64-87-91(80,81)85-60-66(73)59-84-90(78,79)86-63-67(61-82-69(74)55-50-45-39-17-14-11-8-3)88-72(77)58-53-48-43-38-34-30-31-35-40-44-49-54-65(4)5/h21,23,25,27,65-68,73H,6-20,22,24,26,28-64H2,1-5H3,(H,78,79)(H,80,81)/b23-21-,27-25-/t66-,67+,68+/m0/s1. The lowest BCUT2D eigenvalue weighted by atomic mass is 10.0. The maximum absolute atomic E-state index is 13.0.